The van der Waals surface area contributed by atoms with E-state index in [0.717, 1.165) is 0 Å². The van der Waals surface area contributed by atoms with Crippen molar-refractivity contribution in [1.29, 1.82) is 0 Å². The number of nitrogens with two attached hydrogens (primary N) is 1. The normalized spacial score (nSPS) is 11.5. The van der Waals surface area contributed by atoms with Crippen LogP contribution in [0.5, 0.6) is 0 Å². The first-order valence-corrected chi connectivity index (χ1v) is 7.04. The van der Waals surface area contributed by atoms with Crippen LogP contribution in [0.4, 0.5) is 5.82 Å². The van der Waals surface area contributed by atoms with Crippen molar-refractivity contribution in [3.05, 3.63) is 34.9 Å². The maximum absolute atomic E-state index is 11.8. The van der Waals surface area contributed by atoms with Crippen molar-refractivity contribution in [2.45, 2.75) is 11.4 Å². The fraction of sp³-hybridized carbons (Fsp3) is 0.111. The lowest BCUT2D eigenvalue weighted by atomic mass is 10.5. The van der Waals surface area contributed by atoms with Gasteiger partial charge in [-0.2, -0.15) is 0 Å². The highest BCUT2D eigenvalue weighted by Gasteiger charge is 2.14. The van der Waals surface area contributed by atoms with Gasteiger partial charge >= 0.3 is 0 Å². The standard InChI is InChI=1S/C9H10N4O2S2/c10-8-2-1-7(5-12-8)17(14,15)13-6-9-11-3-4-16-9/h1-5,13H,6H2,(H2,10,12). The van der Waals surface area contributed by atoms with Crippen molar-refractivity contribution in [2.24, 2.45) is 0 Å². The number of nitrogens with zero attached hydrogens (tertiary/aromatic N) is 2. The van der Waals surface area contributed by atoms with Crippen LogP contribution in [0.25, 0.3) is 0 Å². The number of hydrogen-bond acceptors (Lipinski definition) is 6. The molecule has 0 aliphatic heterocycles. The Morgan fingerprint density at radius 3 is 2.76 bits per heavy atom. The summed E-state index contributed by atoms with van der Waals surface area (Å²) < 4.78 is 26.1. The number of anilines is 1. The van der Waals surface area contributed by atoms with E-state index in [0.29, 0.717) is 5.01 Å². The Balaban J connectivity index is 2.11. The zero-order chi connectivity index (χ0) is 12.3. The van der Waals surface area contributed by atoms with E-state index in [1.807, 2.05) is 0 Å². The molecule has 0 saturated carbocycles. The number of rotatable bonds is 4. The molecule has 0 bridgehead atoms. The zero-order valence-electron chi connectivity index (χ0n) is 8.70. The smallest absolute Gasteiger partial charge is 0.242 e. The number of sulfonamides is 1. The molecular weight excluding hydrogens is 260 g/mol. The third-order valence-electron chi connectivity index (χ3n) is 1.97. The van der Waals surface area contributed by atoms with Gasteiger partial charge in [0.1, 0.15) is 15.7 Å². The van der Waals surface area contributed by atoms with E-state index >= 15 is 0 Å². The van der Waals surface area contributed by atoms with Crippen molar-refractivity contribution >= 4 is 27.2 Å². The van der Waals surface area contributed by atoms with Crippen LogP contribution in [-0.2, 0) is 16.6 Å². The molecule has 0 aliphatic carbocycles. The number of nitrogen functional groups attached to an aromatic ring is 1. The van der Waals surface area contributed by atoms with Crippen LogP contribution >= 0.6 is 11.3 Å². The van der Waals surface area contributed by atoms with Crippen molar-refractivity contribution in [3.63, 3.8) is 0 Å². The van der Waals surface area contributed by atoms with Crippen LogP contribution in [-0.4, -0.2) is 18.4 Å². The predicted molar refractivity (Wildman–Crippen MR) is 64.8 cm³/mol. The van der Waals surface area contributed by atoms with Gasteiger partial charge in [0.2, 0.25) is 10.0 Å². The quantitative estimate of drug-likeness (QED) is 0.847. The summed E-state index contributed by atoms with van der Waals surface area (Å²) >= 11 is 1.39. The van der Waals surface area contributed by atoms with E-state index in [4.69, 9.17) is 5.73 Å². The largest absolute Gasteiger partial charge is 0.384 e. The first-order chi connectivity index (χ1) is 8.08. The molecule has 2 aromatic rings. The minimum absolute atomic E-state index is 0.0863. The molecule has 0 unspecified atom stereocenters. The van der Waals surface area contributed by atoms with Crippen LogP contribution in [0, 0.1) is 0 Å². The fourth-order valence-corrected chi connectivity index (χ4v) is 2.71. The molecule has 2 rings (SSSR count). The van der Waals surface area contributed by atoms with Gasteiger partial charge in [0.05, 0.1) is 6.54 Å². The summed E-state index contributed by atoms with van der Waals surface area (Å²) in [7, 11) is -3.55. The summed E-state index contributed by atoms with van der Waals surface area (Å²) in [6, 6.07) is 2.85. The molecule has 2 heterocycles. The Morgan fingerprint density at radius 1 is 1.35 bits per heavy atom. The zero-order valence-corrected chi connectivity index (χ0v) is 10.3. The molecule has 0 aliphatic rings. The molecule has 17 heavy (non-hydrogen) atoms. The third kappa shape index (κ3) is 2.99. The second-order valence-electron chi connectivity index (χ2n) is 3.17. The first kappa shape index (κ1) is 12.0. The Kier molecular flexibility index (Phi) is 3.36. The number of pyridine rings is 1. The van der Waals surface area contributed by atoms with E-state index in [9.17, 15) is 8.42 Å². The molecule has 0 radical (unpaired) electrons. The molecular formula is C9H10N4O2S2. The van der Waals surface area contributed by atoms with Gasteiger partial charge in [0.15, 0.2) is 0 Å². The van der Waals surface area contributed by atoms with E-state index in [2.05, 4.69) is 14.7 Å². The minimum atomic E-state index is -3.55. The van der Waals surface area contributed by atoms with Crippen LogP contribution in [0.3, 0.4) is 0 Å². The number of thiazole rings is 1. The molecule has 2 aromatic heterocycles. The van der Waals surface area contributed by atoms with E-state index in [-0.39, 0.29) is 17.3 Å². The van der Waals surface area contributed by atoms with E-state index in [1.54, 1.807) is 11.6 Å². The summed E-state index contributed by atoms with van der Waals surface area (Å²) in [5, 5.41) is 2.49. The highest BCUT2D eigenvalue weighted by Crippen LogP contribution is 2.10. The van der Waals surface area contributed by atoms with Crippen LogP contribution in [0.2, 0.25) is 0 Å². The van der Waals surface area contributed by atoms with Gasteiger partial charge in [-0.1, -0.05) is 0 Å². The summed E-state index contributed by atoms with van der Waals surface area (Å²) in [4.78, 5) is 7.81. The van der Waals surface area contributed by atoms with Crippen molar-refractivity contribution in [2.75, 3.05) is 5.73 Å². The van der Waals surface area contributed by atoms with Crippen LogP contribution < -0.4 is 10.5 Å². The Morgan fingerprint density at radius 2 is 2.18 bits per heavy atom. The van der Waals surface area contributed by atoms with Crippen LogP contribution in [0.15, 0.2) is 34.8 Å². The third-order valence-corrected chi connectivity index (χ3v) is 4.13. The predicted octanol–water partition coefficient (Wildman–Crippen LogP) is 0.599. The highest BCUT2D eigenvalue weighted by atomic mass is 32.2. The Hall–Kier alpha value is -1.51. The molecule has 8 heteroatoms. The van der Waals surface area contributed by atoms with Gasteiger partial charge in [0.25, 0.3) is 0 Å². The Bertz CT molecular complexity index is 578. The van der Waals surface area contributed by atoms with E-state index in [1.165, 1.54) is 29.7 Å². The van der Waals surface area contributed by atoms with Crippen molar-refractivity contribution in [1.82, 2.24) is 14.7 Å². The van der Waals surface area contributed by atoms with Crippen molar-refractivity contribution < 1.29 is 8.42 Å². The lowest BCUT2D eigenvalue weighted by Gasteiger charge is -2.04. The maximum Gasteiger partial charge on any atom is 0.242 e. The first-order valence-electron chi connectivity index (χ1n) is 4.67. The lowest BCUT2D eigenvalue weighted by Crippen LogP contribution is -2.23. The monoisotopic (exact) mass is 270 g/mol. The molecule has 0 saturated heterocycles. The van der Waals surface area contributed by atoms with Gasteiger partial charge in [-0.15, -0.1) is 11.3 Å². The van der Waals surface area contributed by atoms with Gasteiger partial charge in [-0.05, 0) is 12.1 Å². The fourth-order valence-electron chi connectivity index (χ4n) is 1.13. The number of aromatic nitrogens is 2. The second-order valence-corrected chi connectivity index (χ2v) is 5.92. The van der Waals surface area contributed by atoms with Crippen molar-refractivity contribution in [3.8, 4) is 0 Å². The highest BCUT2D eigenvalue weighted by molar-refractivity contribution is 7.89. The van der Waals surface area contributed by atoms with Crippen LogP contribution in [0.1, 0.15) is 5.01 Å². The molecule has 0 amide bonds. The van der Waals surface area contributed by atoms with Gasteiger partial charge in [-0.3, -0.25) is 0 Å². The molecule has 0 atom stereocenters. The summed E-state index contributed by atoms with van der Waals surface area (Å²) in [5.74, 6) is 0.281. The summed E-state index contributed by atoms with van der Waals surface area (Å²) in [6.07, 6.45) is 2.85. The summed E-state index contributed by atoms with van der Waals surface area (Å²) in [5.41, 5.74) is 5.39. The minimum Gasteiger partial charge on any atom is -0.384 e. The van der Waals surface area contributed by atoms with Gasteiger partial charge in [0, 0.05) is 17.8 Å². The molecule has 6 nitrogen and oxygen atoms in total. The molecule has 90 valence electrons. The average molecular weight is 270 g/mol. The SMILES string of the molecule is Nc1ccc(S(=O)(=O)NCc2nccs2)cn1. The second kappa shape index (κ2) is 4.78. The molecule has 0 aromatic carbocycles. The van der Waals surface area contributed by atoms with Gasteiger partial charge < -0.3 is 5.73 Å². The Labute approximate surface area is 103 Å². The van der Waals surface area contributed by atoms with E-state index < -0.39 is 10.0 Å². The number of nitrogens with one attached hydrogen (secondary N) is 1. The lowest BCUT2D eigenvalue weighted by molar-refractivity contribution is 0.581. The average Bonchev–Trinajstić information content (AvgIpc) is 2.80. The molecule has 0 fully saturated rings. The maximum atomic E-state index is 11.8. The van der Waals surface area contributed by atoms with Gasteiger partial charge in [-0.25, -0.2) is 23.1 Å². The summed E-state index contributed by atoms with van der Waals surface area (Å²) in [6.45, 7) is 0.171. The number of hydrogen-bond donors (Lipinski definition) is 2. The molecule has 0 spiro atoms. The molecule has 3 N–H and O–H groups in total. The topological polar surface area (TPSA) is 98.0 Å².